The van der Waals surface area contributed by atoms with E-state index in [1.54, 1.807) is 0 Å². The van der Waals surface area contributed by atoms with Gasteiger partial charge in [0.2, 0.25) is 11.4 Å². The highest BCUT2D eigenvalue weighted by Gasteiger charge is 2.51. The van der Waals surface area contributed by atoms with E-state index in [0.717, 1.165) is 18.4 Å². The van der Waals surface area contributed by atoms with E-state index in [-0.39, 0.29) is 42.6 Å². The average Bonchev–Trinajstić information content (AvgIpc) is 2.81. The first kappa shape index (κ1) is 28.4. The molecule has 1 aliphatic carbocycles. The Balaban J connectivity index is 2.71. The molecule has 0 fully saturated rings. The van der Waals surface area contributed by atoms with Crippen LogP contribution in [0.2, 0.25) is 0 Å². The topological polar surface area (TPSA) is 101 Å². The summed E-state index contributed by atoms with van der Waals surface area (Å²) in [5, 5.41) is 10.4. The third kappa shape index (κ3) is 6.87. The van der Waals surface area contributed by atoms with Crippen molar-refractivity contribution in [1.82, 2.24) is 0 Å². The highest BCUT2D eigenvalue weighted by Crippen LogP contribution is 2.49. The number of ether oxygens (including phenoxy) is 5. The van der Waals surface area contributed by atoms with Crippen molar-refractivity contribution in [3.05, 3.63) is 51.6 Å². The predicted octanol–water partition coefficient (Wildman–Crippen LogP) is 5.54. The number of carbonyl (C=O) groups is 2. The lowest BCUT2D eigenvalue weighted by Gasteiger charge is -2.36. The van der Waals surface area contributed by atoms with E-state index in [0.29, 0.717) is 0 Å². The molecule has 0 radical (unpaired) electrons. The van der Waals surface area contributed by atoms with Gasteiger partial charge in [0.25, 0.3) is 0 Å². The minimum absolute atomic E-state index is 0.0000168. The van der Waals surface area contributed by atoms with Gasteiger partial charge in [0, 0.05) is 39.2 Å². The van der Waals surface area contributed by atoms with E-state index < -0.39 is 28.1 Å². The highest BCUT2D eigenvalue weighted by molar-refractivity contribution is 6.47. The van der Waals surface area contributed by atoms with E-state index >= 15 is 0 Å². The zero-order valence-electron chi connectivity index (χ0n) is 21.0. The number of ketones is 1. The second-order valence-corrected chi connectivity index (χ2v) is 8.81. The Kier molecular flexibility index (Phi) is 10.4. The number of fused-ring (bicyclic) bond motifs is 1. The van der Waals surface area contributed by atoms with E-state index in [9.17, 15) is 14.7 Å². The number of rotatable bonds is 12. The first-order valence-electron chi connectivity index (χ1n) is 11.1. The molecule has 1 atom stereocenters. The van der Waals surface area contributed by atoms with Crippen molar-refractivity contribution < 1.29 is 38.4 Å². The lowest BCUT2D eigenvalue weighted by molar-refractivity contribution is -0.165. The van der Waals surface area contributed by atoms with Gasteiger partial charge in [0.1, 0.15) is 22.3 Å². The molecule has 0 aromatic heterocycles. The Morgan fingerprint density at radius 1 is 1.06 bits per heavy atom. The molecule has 1 aliphatic rings. The standard InChI is InChI=1S/C26H33ClO8/c1-16(2)8-7-9-17(3)10-11-26(35-18(4)28)20-12-19(33-14-31-5)13-21(34-15-32-6)22(20)24(29)23(27)25(26)30/h8,10,12-13,29H,7,9,11,14-15H2,1-6H3/b17-10+/t26-/m0/s1. The summed E-state index contributed by atoms with van der Waals surface area (Å²) in [6.07, 6.45) is 5.56. The summed E-state index contributed by atoms with van der Waals surface area (Å²) in [4.78, 5) is 25.8. The summed E-state index contributed by atoms with van der Waals surface area (Å²) in [6, 6.07) is 3.02. The maximum atomic E-state index is 13.5. The number of esters is 1. The van der Waals surface area contributed by atoms with Crippen LogP contribution in [0.15, 0.2) is 40.5 Å². The van der Waals surface area contributed by atoms with Gasteiger partial charge in [-0.3, -0.25) is 9.59 Å². The fourth-order valence-corrected chi connectivity index (χ4v) is 3.96. The Labute approximate surface area is 211 Å². The molecule has 0 bridgehead atoms. The van der Waals surface area contributed by atoms with Crippen LogP contribution in [0.1, 0.15) is 58.1 Å². The van der Waals surface area contributed by atoms with E-state index in [2.05, 4.69) is 6.08 Å². The number of Topliss-reactive ketones (excluding diaryl/α,β-unsaturated/α-hetero) is 1. The van der Waals surface area contributed by atoms with Crippen LogP contribution >= 0.6 is 11.6 Å². The number of allylic oxidation sites excluding steroid dienone is 3. The highest BCUT2D eigenvalue weighted by atomic mass is 35.5. The largest absolute Gasteiger partial charge is 0.505 e. The number of aliphatic hydroxyl groups is 1. The number of hydrogen-bond acceptors (Lipinski definition) is 8. The first-order chi connectivity index (χ1) is 16.6. The predicted molar refractivity (Wildman–Crippen MR) is 132 cm³/mol. The molecule has 1 aromatic rings. The molecule has 0 heterocycles. The van der Waals surface area contributed by atoms with Crippen molar-refractivity contribution in [2.24, 2.45) is 0 Å². The fraction of sp³-hybridized carbons (Fsp3) is 0.462. The molecular weight excluding hydrogens is 476 g/mol. The zero-order chi connectivity index (χ0) is 26.2. The van der Waals surface area contributed by atoms with Crippen molar-refractivity contribution >= 4 is 29.1 Å². The normalized spacial score (nSPS) is 17.7. The van der Waals surface area contributed by atoms with Crippen molar-refractivity contribution in [1.29, 1.82) is 0 Å². The van der Waals surface area contributed by atoms with Crippen LogP contribution in [0, 0.1) is 0 Å². The molecule has 0 unspecified atom stereocenters. The van der Waals surface area contributed by atoms with Gasteiger partial charge in [0.05, 0.1) is 5.56 Å². The lowest BCUT2D eigenvalue weighted by Crippen LogP contribution is -2.43. The van der Waals surface area contributed by atoms with E-state index in [1.807, 2.05) is 26.8 Å². The zero-order valence-corrected chi connectivity index (χ0v) is 21.8. The van der Waals surface area contributed by atoms with Crippen molar-refractivity contribution in [3.63, 3.8) is 0 Å². The van der Waals surface area contributed by atoms with Crippen LogP contribution in [0.5, 0.6) is 11.5 Å². The summed E-state index contributed by atoms with van der Waals surface area (Å²) in [5.74, 6) is -1.50. The van der Waals surface area contributed by atoms with Crippen LogP contribution in [0.4, 0.5) is 0 Å². The van der Waals surface area contributed by atoms with Gasteiger partial charge in [0.15, 0.2) is 13.6 Å². The molecule has 0 saturated carbocycles. The number of hydrogen-bond donors (Lipinski definition) is 1. The van der Waals surface area contributed by atoms with Crippen molar-refractivity contribution in [2.75, 3.05) is 27.8 Å². The molecule has 8 nitrogen and oxygen atoms in total. The van der Waals surface area contributed by atoms with Crippen LogP contribution in [-0.2, 0) is 29.4 Å². The van der Waals surface area contributed by atoms with Crippen LogP contribution in [0.25, 0.3) is 5.76 Å². The second-order valence-electron chi connectivity index (χ2n) is 8.43. The second kappa shape index (κ2) is 12.8. The number of aliphatic hydroxyl groups excluding tert-OH is 1. The number of methoxy groups -OCH3 is 2. The minimum Gasteiger partial charge on any atom is -0.505 e. The van der Waals surface area contributed by atoms with Crippen LogP contribution in [0.3, 0.4) is 0 Å². The molecule has 0 amide bonds. The molecule has 2 rings (SSSR count). The van der Waals surface area contributed by atoms with Gasteiger partial charge in [-0.15, -0.1) is 0 Å². The van der Waals surface area contributed by atoms with Gasteiger partial charge >= 0.3 is 5.97 Å². The Morgan fingerprint density at radius 2 is 1.71 bits per heavy atom. The Morgan fingerprint density at radius 3 is 2.31 bits per heavy atom. The summed E-state index contributed by atoms with van der Waals surface area (Å²) >= 11 is 6.30. The minimum atomic E-state index is -1.83. The van der Waals surface area contributed by atoms with Gasteiger partial charge in [-0.1, -0.05) is 34.9 Å². The summed E-state index contributed by atoms with van der Waals surface area (Å²) in [6.45, 7) is 6.97. The maximum Gasteiger partial charge on any atom is 0.303 e. The van der Waals surface area contributed by atoms with Crippen molar-refractivity contribution in [3.8, 4) is 11.5 Å². The van der Waals surface area contributed by atoms with Gasteiger partial charge in [-0.2, -0.15) is 0 Å². The number of benzene rings is 1. The molecule has 1 N–H and O–H groups in total. The summed E-state index contributed by atoms with van der Waals surface area (Å²) < 4.78 is 26.9. The fourth-order valence-electron chi connectivity index (χ4n) is 3.72. The van der Waals surface area contributed by atoms with Crippen LogP contribution < -0.4 is 9.47 Å². The third-order valence-corrected chi connectivity index (χ3v) is 5.70. The smallest absolute Gasteiger partial charge is 0.303 e. The molecular formula is C26H33ClO8. The van der Waals surface area contributed by atoms with Gasteiger partial charge in [-0.05, 0) is 39.7 Å². The van der Waals surface area contributed by atoms with E-state index in [1.165, 1.54) is 38.8 Å². The number of carbonyl (C=O) groups excluding carboxylic acids is 2. The quantitative estimate of drug-likeness (QED) is 0.223. The van der Waals surface area contributed by atoms with E-state index in [4.69, 9.17) is 35.3 Å². The molecule has 9 heteroatoms. The number of halogens is 1. The lowest BCUT2D eigenvalue weighted by atomic mass is 9.77. The molecule has 0 saturated heterocycles. The molecule has 35 heavy (non-hydrogen) atoms. The average molecular weight is 509 g/mol. The van der Waals surface area contributed by atoms with Gasteiger partial charge in [-0.25, -0.2) is 0 Å². The monoisotopic (exact) mass is 508 g/mol. The molecule has 192 valence electrons. The molecule has 1 aromatic carbocycles. The maximum absolute atomic E-state index is 13.5. The van der Waals surface area contributed by atoms with Crippen molar-refractivity contribution in [2.45, 2.75) is 52.6 Å². The first-order valence-corrected chi connectivity index (χ1v) is 11.5. The summed E-state index contributed by atoms with van der Waals surface area (Å²) in [5.41, 5.74) is 0.687. The Hall–Kier alpha value is -2.81. The summed E-state index contributed by atoms with van der Waals surface area (Å²) in [7, 11) is 2.90. The molecule has 0 aliphatic heterocycles. The molecule has 0 spiro atoms. The van der Waals surface area contributed by atoms with Gasteiger partial charge < -0.3 is 28.8 Å². The Bertz CT molecular complexity index is 1040. The van der Waals surface area contributed by atoms with Crippen LogP contribution in [-0.4, -0.2) is 44.7 Å². The SMILES string of the molecule is COCOc1cc(OCOC)c2c(c1)[C@](C/C=C(\C)CCC=C(C)C)(OC(C)=O)C(=O)C(Cl)=C2O. The third-order valence-electron chi connectivity index (χ3n) is 5.34.